The zero-order valence-corrected chi connectivity index (χ0v) is 18.1. The third kappa shape index (κ3) is 4.25. The number of carbonyl (C=O) groups excluding carboxylic acids is 1. The number of rotatable bonds is 4. The third-order valence-electron chi connectivity index (χ3n) is 5.34. The van der Waals surface area contributed by atoms with E-state index in [1.807, 2.05) is 53.4 Å². The fraction of sp³-hybridized carbons (Fsp3) is 0.280. The molecular formula is C25H27N3O3. The van der Waals surface area contributed by atoms with E-state index in [1.54, 1.807) is 12.3 Å². The Labute approximate surface area is 182 Å². The number of ether oxygens (including phenoxy) is 1. The van der Waals surface area contributed by atoms with Gasteiger partial charge in [-0.2, -0.15) is 0 Å². The molecule has 1 aliphatic rings. The van der Waals surface area contributed by atoms with Crippen molar-refractivity contribution in [2.75, 3.05) is 23.4 Å². The predicted molar refractivity (Wildman–Crippen MR) is 122 cm³/mol. The van der Waals surface area contributed by atoms with Crippen LogP contribution in [0.4, 0.5) is 17.2 Å². The van der Waals surface area contributed by atoms with Crippen LogP contribution >= 0.6 is 0 Å². The lowest BCUT2D eigenvalue weighted by molar-refractivity contribution is 0.102. The molecule has 2 aromatic carbocycles. The summed E-state index contributed by atoms with van der Waals surface area (Å²) in [5, 5.41) is 12.3. The lowest BCUT2D eigenvalue weighted by Gasteiger charge is -2.31. The number of benzene rings is 2. The second kappa shape index (κ2) is 8.40. The van der Waals surface area contributed by atoms with Crippen LogP contribution in [0.2, 0.25) is 0 Å². The second-order valence-electron chi connectivity index (χ2n) is 8.59. The summed E-state index contributed by atoms with van der Waals surface area (Å²) < 4.78 is 5.94. The summed E-state index contributed by atoms with van der Waals surface area (Å²) >= 11 is 0. The smallest absolute Gasteiger partial charge is 0.259 e. The van der Waals surface area contributed by atoms with Gasteiger partial charge in [-0.3, -0.25) is 4.79 Å². The Morgan fingerprint density at radius 1 is 1.13 bits per heavy atom. The summed E-state index contributed by atoms with van der Waals surface area (Å²) in [7, 11) is 0. The van der Waals surface area contributed by atoms with Gasteiger partial charge in [0.05, 0.1) is 24.4 Å². The largest absolute Gasteiger partial charge is 0.489 e. The molecule has 3 aromatic rings. The number of hydrogen-bond donors (Lipinski definition) is 2. The minimum absolute atomic E-state index is 0.0483. The van der Waals surface area contributed by atoms with E-state index >= 15 is 0 Å². The number of aliphatic hydroxyl groups excluding tert-OH is 1. The Hall–Kier alpha value is -3.38. The predicted octanol–water partition coefficient (Wildman–Crippen LogP) is 4.65. The number of nitrogens with zero attached hydrogens (tertiary/aromatic N) is 2. The second-order valence-corrected chi connectivity index (χ2v) is 8.59. The maximum absolute atomic E-state index is 13.2. The van der Waals surface area contributed by atoms with Gasteiger partial charge in [-0.25, -0.2) is 4.98 Å². The normalized spacial score (nSPS) is 13.4. The van der Waals surface area contributed by atoms with Crippen LogP contribution in [0.1, 0.15) is 42.3 Å². The van der Waals surface area contributed by atoms with Gasteiger partial charge in [0.15, 0.2) is 5.75 Å². The topological polar surface area (TPSA) is 74.7 Å². The molecule has 0 saturated heterocycles. The maximum Gasteiger partial charge on any atom is 0.259 e. The quantitative estimate of drug-likeness (QED) is 0.646. The lowest BCUT2D eigenvalue weighted by atomic mass is 9.86. The van der Waals surface area contributed by atoms with E-state index in [2.05, 4.69) is 31.1 Å². The summed E-state index contributed by atoms with van der Waals surface area (Å²) in [4.78, 5) is 19.7. The number of pyridine rings is 1. The number of nitrogens with one attached hydrogen (secondary N) is 1. The highest BCUT2D eigenvalue weighted by atomic mass is 16.5. The van der Waals surface area contributed by atoms with Gasteiger partial charge in [0.2, 0.25) is 0 Å². The summed E-state index contributed by atoms with van der Waals surface area (Å²) in [5.41, 5.74) is 3.81. The fourth-order valence-electron chi connectivity index (χ4n) is 3.77. The molecule has 2 heterocycles. The molecule has 1 aliphatic heterocycles. The molecule has 6 heteroatoms. The number of hydrogen-bond acceptors (Lipinski definition) is 5. The average Bonchev–Trinajstić information content (AvgIpc) is 2.78. The third-order valence-corrected chi connectivity index (χ3v) is 5.34. The van der Waals surface area contributed by atoms with Crippen molar-refractivity contribution < 1.29 is 14.6 Å². The zero-order chi connectivity index (χ0) is 22.0. The monoisotopic (exact) mass is 417 g/mol. The van der Waals surface area contributed by atoms with Gasteiger partial charge >= 0.3 is 0 Å². The first-order valence-electron chi connectivity index (χ1n) is 10.4. The van der Waals surface area contributed by atoms with E-state index in [0.29, 0.717) is 24.5 Å². The fourth-order valence-corrected chi connectivity index (χ4v) is 3.77. The van der Waals surface area contributed by atoms with Crippen LogP contribution in [0.3, 0.4) is 0 Å². The number of aliphatic hydroxyl groups is 1. The molecule has 0 bridgehead atoms. The zero-order valence-electron chi connectivity index (χ0n) is 18.1. The molecular weight excluding hydrogens is 390 g/mol. The summed E-state index contributed by atoms with van der Waals surface area (Å²) in [6.07, 6.45) is 1.66. The summed E-state index contributed by atoms with van der Waals surface area (Å²) in [6, 6.07) is 17.1. The molecule has 160 valence electrons. The van der Waals surface area contributed by atoms with E-state index in [9.17, 15) is 9.90 Å². The van der Waals surface area contributed by atoms with Crippen molar-refractivity contribution in [2.24, 2.45) is 0 Å². The van der Waals surface area contributed by atoms with Crippen molar-refractivity contribution in [1.82, 2.24) is 4.98 Å². The van der Waals surface area contributed by atoms with Crippen molar-refractivity contribution in [3.8, 4) is 5.75 Å². The molecule has 2 N–H and O–H groups in total. The van der Waals surface area contributed by atoms with Crippen LogP contribution in [-0.4, -0.2) is 29.1 Å². The number of aromatic nitrogens is 1. The standard InChI is InChI=1S/C25H27N3O3/c1-25(2,3)19-8-4-5-9-20(19)27-24(30)18-7-6-10-21-23(18)31-14-13-28(21)22-12-11-17(16-29)15-26-22/h4-12,15,29H,13-14,16H2,1-3H3,(H,27,30). The minimum atomic E-state index is -0.209. The Bertz CT molecular complexity index is 1090. The van der Waals surface area contributed by atoms with Gasteiger partial charge in [0.1, 0.15) is 12.4 Å². The maximum atomic E-state index is 13.2. The number of fused-ring (bicyclic) bond motifs is 1. The van der Waals surface area contributed by atoms with Gasteiger partial charge in [-0.1, -0.05) is 51.1 Å². The lowest BCUT2D eigenvalue weighted by Crippen LogP contribution is -2.30. The molecule has 1 amide bonds. The van der Waals surface area contributed by atoms with E-state index in [4.69, 9.17) is 4.74 Å². The summed E-state index contributed by atoms with van der Waals surface area (Å²) in [6.45, 7) is 7.39. The first-order chi connectivity index (χ1) is 14.9. The van der Waals surface area contributed by atoms with Gasteiger partial charge in [-0.05, 0) is 40.8 Å². The first-order valence-corrected chi connectivity index (χ1v) is 10.4. The highest BCUT2D eigenvalue weighted by Crippen LogP contribution is 2.39. The molecule has 0 aliphatic carbocycles. The Kier molecular flexibility index (Phi) is 5.65. The van der Waals surface area contributed by atoms with Crippen LogP contribution in [-0.2, 0) is 12.0 Å². The Morgan fingerprint density at radius 3 is 2.65 bits per heavy atom. The van der Waals surface area contributed by atoms with Gasteiger partial charge in [-0.15, -0.1) is 0 Å². The molecule has 0 fully saturated rings. The Balaban J connectivity index is 1.66. The highest BCUT2D eigenvalue weighted by molar-refractivity contribution is 6.08. The molecule has 0 saturated carbocycles. The Morgan fingerprint density at radius 2 is 1.94 bits per heavy atom. The minimum Gasteiger partial charge on any atom is -0.489 e. The van der Waals surface area contributed by atoms with Crippen LogP contribution in [0.5, 0.6) is 5.75 Å². The van der Waals surface area contributed by atoms with Gasteiger partial charge < -0.3 is 20.1 Å². The van der Waals surface area contributed by atoms with Crippen LogP contribution in [0.15, 0.2) is 60.8 Å². The highest BCUT2D eigenvalue weighted by Gasteiger charge is 2.26. The number of carbonyl (C=O) groups is 1. The van der Waals surface area contributed by atoms with E-state index in [0.717, 1.165) is 28.3 Å². The molecule has 6 nitrogen and oxygen atoms in total. The van der Waals surface area contributed by atoms with Crippen LogP contribution < -0.4 is 15.0 Å². The van der Waals surface area contributed by atoms with E-state index < -0.39 is 0 Å². The van der Waals surface area contributed by atoms with E-state index in [-0.39, 0.29) is 17.9 Å². The van der Waals surface area contributed by atoms with Crippen molar-refractivity contribution in [1.29, 1.82) is 0 Å². The first kappa shape index (κ1) is 20.9. The molecule has 31 heavy (non-hydrogen) atoms. The molecule has 0 unspecified atom stereocenters. The molecule has 1 aromatic heterocycles. The van der Waals surface area contributed by atoms with Crippen molar-refractivity contribution in [2.45, 2.75) is 32.8 Å². The van der Waals surface area contributed by atoms with Crippen LogP contribution in [0, 0.1) is 0 Å². The van der Waals surface area contributed by atoms with Crippen molar-refractivity contribution in [3.63, 3.8) is 0 Å². The molecule has 4 rings (SSSR count). The number of anilines is 3. The average molecular weight is 418 g/mol. The van der Waals surface area contributed by atoms with Gasteiger partial charge in [0.25, 0.3) is 5.91 Å². The SMILES string of the molecule is CC(C)(C)c1ccccc1NC(=O)c1cccc2c1OCCN2c1ccc(CO)cn1. The number of amides is 1. The molecule has 0 radical (unpaired) electrons. The van der Waals surface area contributed by atoms with E-state index in [1.165, 1.54) is 0 Å². The molecule has 0 atom stereocenters. The van der Waals surface area contributed by atoms with Crippen molar-refractivity contribution >= 4 is 23.1 Å². The molecule has 0 spiro atoms. The van der Waals surface area contributed by atoms with Crippen molar-refractivity contribution in [3.05, 3.63) is 77.5 Å². The van der Waals surface area contributed by atoms with Gasteiger partial charge in [0, 0.05) is 11.9 Å². The van der Waals surface area contributed by atoms with Crippen LogP contribution in [0.25, 0.3) is 0 Å². The summed E-state index contributed by atoms with van der Waals surface area (Å²) in [5.74, 6) is 1.09. The number of para-hydroxylation sites is 2.